The molecule has 0 aliphatic rings. The number of carbonyl (C=O) groups is 1. The number of amides is 1. The van der Waals surface area contributed by atoms with Gasteiger partial charge in [-0.05, 0) is 63.8 Å². The Balaban J connectivity index is 1.75. The van der Waals surface area contributed by atoms with Crippen LogP contribution in [-0.2, 0) is 18.3 Å². The zero-order valence-corrected chi connectivity index (χ0v) is 16.2. The molecule has 1 aromatic heterocycles. The fourth-order valence-corrected chi connectivity index (χ4v) is 2.93. The number of nitrogens with one attached hydrogen (secondary N) is 1. The van der Waals surface area contributed by atoms with Gasteiger partial charge in [0.25, 0.3) is 0 Å². The van der Waals surface area contributed by atoms with Gasteiger partial charge in [-0.1, -0.05) is 6.07 Å². The molecule has 1 amide bonds. The molecule has 0 atom stereocenters. The Morgan fingerprint density at radius 1 is 1.20 bits per heavy atom. The Bertz CT molecular complexity index is 763. The van der Waals surface area contributed by atoms with Crippen LogP contribution in [0.15, 0.2) is 12.1 Å². The van der Waals surface area contributed by atoms with Crippen LogP contribution in [0, 0.1) is 34.6 Å². The van der Waals surface area contributed by atoms with E-state index in [0.29, 0.717) is 19.6 Å². The van der Waals surface area contributed by atoms with E-state index in [2.05, 4.69) is 43.3 Å². The summed E-state index contributed by atoms with van der Waals surface area (Å²) in [6.07, 6.45) is 1.16. The number of aromatic nitrogens is 2. The maximum atomic E-state index is 12.1. The summed E-state index contributed by atoms with van der Waals surface area (Å²) in [6, 6.07) is 4.22. The van der Waals surface area contributed by atoms with E-state index in [1.165, 1.54) is 16.7 Å². The average molecular weight is 343 g/mol. The molecule has 5 nitrogen and oxygen atoms in total. The number of aryl methyl sites for hydroxylation is 4. The molecule has 2 rings (SSSR count). The van der Waals surface area contributed by atoms with E-state index < -0.39 is 0 Å². The highest BCUT2D eigenvalue weighted by Crippen LogP contribution is 2.23. The van der Waals surface area contributed by atoms with Gasteiger partial charge in [-0.3, -0.25) is 9.48 Å². The molecule has 0 fully saturated rings. The second-order valence-corrected chi connectivity index (χ2v) is 6.71. The summed E-state index contributed by atoms with van der Waals surface area (Å²) in [4.78, 5) is 12.1. The Labute approximate surface area is 150 Å². The molecule has 1 N–H and O–H groups in total. The van der Waals surface area contributed by atoms with Gasteiger partial charge in [0, 0.05) is 24.8 Å². The van der Waals surface area contributed by atoms with E-state index in [0.717, 1.165) is 29.1 Å². The van der Waals surface area contributed by atoms with Crippen LogP contribution in [0.3, 0.4) is 0 Å². The minimum Gasteiger partial charge on any atom is -0.493 e. The van der Waals surface area contributed by atoms with E-state index >= 15 is 0 Å². The fraction of sp³-hybridized carbons (Fsp3) is 0.500. The summed E-state index contributed by atoms with van der Waals surface area (Å²) in [5.74, 6) is 0.965. The molecule has 136 valence electrons. The van der Waals surface area contributed by atoms with Crippen molar-refractivity contribution in [3.8, 4) is 5.75 Å². The van der Waals surface area contributed by atoms with Gasteiger partial charge in [0.15, 0.2) is 0 Å². The molecule has 0 aliphatic carbocycles. The zero-order valence-electron chi connectivity index (χ0n) is 16.2. The fourth-order valence-electron chi connectivity index (χ4n) is 2.93. The van der Waals surface area contributed by atoms with Gasteiger partial charge >= 0.3 is 0 Å². The number of benzene rings is 1. The number of hydrogen-bond acceptors (Lipinski definition) is 3. The average Bonchev–Trinajstić information content (AvgIpc) is 2.77. The lowest BCUT2D eigenvalue weighted by Gasteiger charge is -2.12. The number of ether oxygens (including phenoxy) is 1. The van der Waals surface area contributed by atoms with Crippen molar-refractivity contribution in [3.05, 3.63) is 45.8 Å². The maximum absolute atomic E-state index is 12.1. The summed E-state index contributed by atoms with van der Waals surface area (Å²) in [5.41, 5.74) is 6.60. The van der Waals surface area contributed by atoms with Gasteiger partial charge in [-0.25, -0.2) is 0 Å². The number of nitrogens with zero attached hydrogens (tertiary/aromatic N) is 2. The quantitative estimate of drug-likeness (QED) is 0.786. The van der Waals surface area contributed by atoms with E-state index in [-0.39, 0.29) is 5.91 Å². The van der Waals surface area contributed by atoms with Crippen molar-refractivity contribution in [1.82, 2.24) is 15.1 Å². The van der Waals surface area contributed by atoms with Crippen LogP contribution in [0.4, 0.5) is 0 Å². The lowest BCUT2D eigenvalue weighted by molar-refractivity contribution is -0.120. The molecular weight excluding hydrogens is 314 g/mol. The standard InChI is InChI=1S/C20H29N3O2/c1-13-10-14(2)15(3)19(11-13)25-9-7-8-21-20(24)12-18-16(4)22-23(6)17(18)5/h10-11H,7-9,12H2,1-6H3,(H,21,24). The Kier molecular flexibility index (Phi) is 6.23. The third kappa shape index (κ3) is 4.84. The van der Waals surface area contributed by atoms with Gasteiger partial charge < -0.3 is 10.1 Å². The zero-order chi connectivity index (χ0) is 18.6. The second kappa shape index (κ2) is 8.19. The predicted octanol–water partition coefficient (Wildman–Crippen LogP) is 3.09. The summed E-state index contributed by atoms with van der Waals surface area (Å²) in [6.45, 7) is 11.4. The molecule has 0 unspecified atom stereocenters. The van der Waals surface area contributed by atoms with Crippen LogP contribution in [0.5, 0.6) is 5.75 Å². The van der Waals surface area contributed by atoms with Crippen molar-refractivity contribution in [3.63, 3.8) is 0 Å². The molecule has 0 aliphatic heterocycles. The highest BCUT2D eigenvalue weighted by Gasteiger charge is 2.13. The summed E-state index contributed by atoms with van der Waals surface area (Å²) in [7, 11) is 1.90. The summed E-state index contributed by atoms with van der Waals surface area (Å²) >= 11 is 0. The maximum Gasteiger partial charge on any atom is 0.224 e. The second-order valence-electron chi connectivity index (χ2n) is 6.71. The molecule has 0 spiro atoms. The van der Waals surface area contributed by atoms with Crippen LogP contribution < -0.4 is 10.1 Å². The normalized spacial score (nSPS) is 10.8. The van der Waals surface area contributed by atoms with Gasteiger partial charge in [-0.15, -0.1) is 0 Å². The molecular formula is C20H29N3O2. The van der Waals surface area contributed by atoms with E-state index in [4.69, 9.17) is 4.74 Å². The van der Waals surface area contributed by atoms with Gasteiger partial charge in [0.05, 0.1) is 18.7 Å². The van der Waals surface area contributed by atoms with Crippen LogP contribution in [-0.4, -0.2) is 28.8 Å². The molecule has 1 aromatic carbocycles. The molecule has 1 heterocycles. The lowest BCUT2D eigenvalue weighted by Crippen LogP contribution is -2.27. The highest BCUT2D eigenvalue weighted by atomic mass is 16.5. The van der Waals surface area contributed by atoms with Gasteiger partial charge in [0.1, 0.15) is 5.75 Å². The van der Waals surface area contributed by atoms with E-state index in [9.17, 15) is 4.79 Å². The topological polar surface area (TPSA) is 56.1 Å². The number of hydrogen-bond donors (Lipinski definition) is 1. The summed E-state index contributed by atoms with van der Waals surface area (Å²) in [5, 5.41) is 7.31. The minimum atomic E-state index is 0.0294. The minimum absolute atomic E-state index is 0.0294. The van der Waals surface area contributed by atoms with Crippen molar-refractivity contribution < 1.29 is 9.53 Å². The third-order valence-corrected chi connectivity index (χ3v) is 4.66. The highest BCUT2D eigenvalue weighted by molar-refractivity contribution is 5.79. The lowest BCUT2D eigenvalue weighted by atomic mass is 10.1. The first kappa shape index (κ1) is 19.0. The first-order valence-electron chi connectivity index (χ1n) is 8.76. The van der Waals surface area contributed by atoms with Crippen molar-refractivity contribution in [2.45, 2.75) is 47.5 Å². The first-order valence-corrected chi connectivity index (χ1v) is 8.76. The largest absolute Gasteiger partial charge is 0.493 e. The van der Waals surface area contributed by atoms with Crippen molar-refractivity contribution >= 4 is 5.91 Å². The van der Waals surface area contributed by atoms with Crippen molar-refractivity contribution in [1.29, 1.82) is 0 Å². The van der Waals surface area contributed by atoms with Gasteiger partial charge in [0.2, 0.25) is 5.91 Å². The van der Waals surface area contributed by atoms with Crippen LogP contribution in [0.25, 0.3) is 0 Å². The van der Waals surface area contributed by atoms with Crippen LogP contribution in [0.1, 0.15) is 40.1 Å². The monoisotopic (exact) mass is 343 g/mol. The smallest absolute Gasteiger partial charge is 0.224 e. The third-order valence-electron chi connectivity index (χ3n) is 4.66. The molecule has 0 saturated heterocycles. The molecule has 25 heavy (non-hydrogen) atoms. The van der Waals surface area contributed by atoms with E-state index in [1.807, 2.05) is 25.6 Å². The molecule has 0 radical (unpaired) electrons. The first-order chi connectivity index (χ1) is 11.8. The van der Waals surface area contributed by atoms with Crippen LogP contribution in [0.2, 0.25) is 0 Å². The molecule has 0 saturated carbocycles. The van der Waals surface area contributed by atoms with Crippen molar-refractivity contribution in [2.24, 2.45) is 7.05 Å². The number of rotatable bonds is 7. The number of carbonyl (C=O) groups excluding carboxylic acids is 1. The Morgan fingerprint density at radius 3 is 2.56 bits per heavy atom. The SMILES string of the molecule is Cc1cc(C)c(C)c(OCCCNC(=O)Cc2c(C)nn(C)c2C)c1. The Hall–Kier alpha value is -2.30. The van der Waals surface area contributed by atoms with Crippen LogP contribution >= 0.6 is 0 Å². The molecule has 0 bridgehead atoms. The van der Waals surface area contributed by atoms with Crippen molar-refractivity contribution in [2.75, 3.05) is 13.2 Å². The summed E-state index contributed by atoms with van der Waals surface area (Å²) < 4.78 is 7.69. The predicted molar refractivity (Wildman–Crippen MR) is 100 cm³/mol. The van der Waals surface area contributed by atoms with Gasteiger partial charge in [-0.2, -0.15) is 5.10 Å². The molecule has 2 aromatic rings. The van der Waals surface area contributed by atoms with E-state index in [1.54, 1.807) is 0 Å². The molecule has 5 heteroatoms. The Morgan fingerprint density at radius 2 is 1.92 bits per heavy atom.